The van der Waals surface area contributed by atoms with Crippen molar-refractivity contribution >= 4 is 16.0 Å². The molecule has 1 aromatic carbocycles. The Hall–Kier alpha value is -1.60. The molecular formula is C19H34N4O2S. The van der Waals surface area contributed by atoms with Gasteiger partial charge in [0.1, 0.15) is 0 Å². The summed E-state index contributed by atoms with van der Waals surface area (Å²) in [6.45, 7) is 9.96. The van der Waals surface area contributed by atoms with E-state index in [1.807, 2.05) is 31.2 Å². The molecule has 0 amide bonds. The summed E-state index contributed by atoms with van der Waals surface area (Å²) in [5.41, 5.74) is 1.75. The molecule has 0 saturated heterocycles. The van der Waals surface area contributed by atoms with Crippen LogP contribution in [0, 0.1) is 5.92 Å². The highest BCUT2D eigenvalue weighted by molar-refractivity contribution is 7.88. The third kappa shape index (κ3) is 9.20. The number of benzene rings is 1. The van der Waals surface area contributed by atoms with Gasteiger partial charge in [-0.05, 0) is 50.8 Å². The van der Waals surface area contributed by atoms with Crippen LogP contribution in [0.3, 0.4) is 0 Å². The van der Waals surface area contributed by atoms with Crippen molar-refractivity contribution in [3.8, 4) is 0 Å². The Morgan fingerprint density at radius 2 is 1.85 bits per heavy atom. The molecule has 1 unspecified atom stereocenters. The minimum atomic E-state index is -3.27. The summed E-state index contributed by atoms with van der Waals surface area (Å²) in [5.74, 6) is 1.46. The Morgan fingerprint density at radius 3 is 2.46 bits per heavy atom. The highest BCUT2D eigenvalue weighted by atomic mass is 32.2. The second-order valence-electron chi connectivity index (χ2n) is 6.99. The smallest absolute Gasteiger partial charge is 0.215 e. The first-order valence-electron chi connectivity index (χ1n) is 9.29. The molecule has 0 spiro atoms. The summed E-state index contributed by atoms with van der Waals surface area (Å²) in [6.07, 6.45) is 2.27. The third-order valence-electron chi connectivity index (χ3n) is 3.98. The Kier molecular flexibility index (Phi) is 9.65. The van der Waals surface area contributed by atoms with Crippen LogP contribution < -0.4 is 15.4 Å². The van der Waals surface area contributed by atoms with Crippen molar-refractivity contribution in [2.24, 2.45) is 10.9 Å². The van der Waals surface area contributed by atoms with Crippen molar-refractivity contribution in [1.29, 1.82) is 0 Å². The van der Waals surface area contributed by atoms with Gasteiger partial charge >= 0.3 is 0 Å². The lowest BCUT2D eigenvalue weighted by Crippen LogP contribution is -2.42. The van der Waals surface area contributed by atoms with Crippen LogP contribution in [0.25, 0.3) is 0 Å². The van der Waals surface area contributed by atoms with E-state index in [0.717, 1.165) is 30.1 Å². The zero-order valence-corrected chi connectivity index (χ0v) is 17.5. The van der Waals surface area contributed by atoms with Crippen molar-refractivity contribution in [2.45, 2.75) is 58.9 Å². The predicted octanol–water partition coefficient (Wildman–Crippen LogP) is 2.62. The maximum Gasteiger partial charge on any atom is 0.215 e. The Morgan fingerprint density at radius 1 is 1.15 bits per heavy atom. The maximum atomic E-state index is 11.7. The summed E-state index contributed by atoms with van der Waals surface area (Å²) in [5, 5.41) is 6.70. The van der Waals surface area contributed by atoms with E-state index in [1.54, 1.807) is 0 Å². The summed E-state index contributed by atoms with van der Waals surface area (Å²) < 4.78 is 25.7. The fourth-order valence-corrected chi connectivity index (χ4v) is 3.25. The van der Waals surface area contributed by atoms with E-state index in [-0.39, 0.29) is 5.75 Å². The highest BCUT2D eigenvalue weighted by Crippen LogP contribution is 2.10. The molecule has 0 aromatic heterocycles. The molecule has 6 nitrogen and oxygen atoms in total. The van der Waals surface area contributed by atoms with E-state index in [1.165, 1.54) is 13.5 Å². The molecule has 0 saturated carbocycles. The van der Waals surface area contributed by atoms with E-state index in [4.69, 9.17) is 0 Å². The Labute approximate surface area is 158 Å². The molecule has 0 aliphatic heterocycles. The first-order valence-corrected chi connectivity index (χ1v) is 10.9. The summed E-state index contributed by atoms with van der Waals surface area (Å²) in [7, 11) is -1.84. The van der Waals surface area contributed by atoms with Gasteiger partial charge in [0.15, 0.2) is 5.96 Å². The van der Waals surface area contributed by atoms with Gasteiger partial charge < -0.3 is 10.6 Å². The molecule has 0 aliphatic rings. The Bertz CT molecular complexity index is 672. The first-order chi connectivity index (χ1) is 12.3. The molecule has 0 radical (unpaired) electrons. The van der Waals surface area contributed by atoms with Gasteiger partial charge in [0.05, 0.1) is 12.3 Å². The number of hydrogen-bond acceptors (Lipinski definition) is 3. The van der Waals surface area contributed by atoms with Gasteiger partial charge in [-0.2, -0.15) is 0 Å². The summed E-state index contributed by atoms with van der Waals surface area (Å²) in [4.78, 5) is 4.64. The Balaban J connectivity index is 2.74. The van der Waals surface area contributed by atoms with Gasteiger partial charge in [0.25, 0.3) is 0 Å². The van der Waals surface area contributed by atoms with Crippen LogP contribution in [0.1, 0.15) is 51.7 Å². The van der Waals surface area contributed by atoms with Crippen molar-refractivity contribution < 1.29 is 8.42 Å². The van der Waals surface area contributed by atoms with Crippen LogP contribution in [0.15, 0.2) is 29.3 Å². The molecule has 7 heteroatoms. The van der Waals surface area contributed by atoms with Crippen molar-refractivity contribution in [2.75, 3.05) is 13.6 Å². The molecule has 26 heavy (non-hydrogen) atoms. The number of guanidine groups is 1. The number of rotatable bonds is 10. The largest absolute Gasteiger partial charge is 0.357 e. The van der Waals surface area contributed by atoms with Crippen LogP contribution in [-0.4, -0.2) is 34.0 Å². The average Bonchev–Trinajstić information content (AvgIpc) is 2.58. The molecule has 0 heterocycles. The van der Waals surface area contributed by atoms with Crippen LogP contribution in [-0.2, 0) is 22.3 Å². The number of hydrogen-bond donors (Lipinski definition) is 3. The normalized spacial score (nSPS) is 13.7. The third-order valence-corrected chi connectivity index (χ3v) is 5.32. The van der Waals surface area contributed by atoms with Gasteiger partial charge in [-0.3, -0.25) is 0 Å². The summed E-state index contributed by atoms with van der Waals surface area (Å²) in [6, 6.07) is 7.90. The quantitative estimate of drug-likeness (QED) is 0.429. The van der Waals surface area contributed by atoms with Gasteiger partial charge in [-0.1, -0.05) is 38.1 Å². The number of nitrogens with one attached hydrogen (secondary N) is 3. The lowest BCUT2D eigenvalue weighted by molar-refractivity contribution is 0.489. The minimum Gasteiger partial charge on any atom is -0.357 e. The van der Waals surface area contributed by atoms with E-state index in [9.17, 15) is 8.42 Å². The highest BCUT2D eigenvalue weighted by Gasteiger charge is 2.09. The first kappa shape index (κ1) is 22.4. The van der Waals surface area contributed by atoms with Crippen molar-refractivity contribution in [1.82, 2.24) is 15.4 Å². The molecule has 1 aromatic rings. The lowest BCUT2D eigenvalue weighted by atomic mass is 10.0. The van der Waals surface area contributed by atoms with Gasteiger partial charge in [0, 0.05) is 12.6 Å². The van der Waals surface area contributed by atoms with Crippen molar-refractivity contribution in [3.63, 3.8) is 0 Å². The second kappa shape index (κ2) is 11.2. The minimum absolute atomic E-state index is 0.0222. The van der Waals surface area contributed by atoms with E-state index in [2.05, 4.69) is 41.1 Å². The summed E-state index contributed by atoms with van der Waals surface area (Å²) >= 11 is 0. The molecule has 0 fully saturated rings. The SMILES string of the molecule is CCNC(=NCc1cccc(CS(=O)(=O)NC)c1)NC(C)CCC(C)C. The molecule has 0 bridgehead atoms. The average molecular weight is 383 g/mol. The molecule has 1 atom stereocenters. The van der Waals surface area contributed by atoms with E-state index >= 15 is 0 Å². The zero-order chi connectivity index (χ0) is 19.6. The van der Waals surface area contributed by atoms with Gasteiger partial charge in [0.2, 0.25) is 10.0 Å². The maximum absolute atomic E-state index is 11.7. The van der Waals surface area contributed by atoms with Crippen molar-refractivity contribution in [3.05, 3.63) is 35.4 Å². The fraction of sp³-hybridized carbons (Fsp3) is 0.632. The molecule has 1 rings (SSSR count). The fourth-order valence-electron chi connectivity index (χ4n) is 2.49. The standard InChI is InChI=1S/C19H34N4O2S/c1-6-21-19(23-16(4)11-10-15(2)3)22-13-17-8-7-9-18(12-17)14-26(24,25)20-5/h7-9,12,15-16,20H,6,10-11,13-14H2,1-5H3,(H2,21,22,23). The zero-order valence-electron chi connectivity index (χ0n) is 16.7. The number of aliphatic imine (C=N–C) groups is 1. The predicted molar refractivity (Wildman–Crippen MR) is 110 cm³/mol. The van der Waals surface area contributed by atoms with E-state index < -0.39 is 10.0 Å². The molecular weight excluding hydrogens is 348 g/mol. The number of nitrogens with zero attached hydrogens (tertiary/aromatic N) is 1. The molecule has 3 N–H and O–H groups in total. The van der Waals surface area contributed by atoms with Crippen LogP contribution in [0.4, 0.5) is 0 Å². The molecule has 0 aliphatic carbocycles. The van der Waals surface area contributed by atoms with Crippen LogP contribution in [0.5, 0.6) is 0 Å². The lowest BCUT2D eigenvalue weighted by Gasteiger charge is -2.18. The van der Waals surface area contributed by atoms with Gasteiger partial charge in [-0.15, -0.1) is 0 Å². The monoisotopic (exact) mass is 382 g/mol. The topological polar surface area (TPSA) is 82.6 Å². The van der Waals surface area contributed by atoms with Crippen LogP contribution >= 0.6 is 0 Å². The van der Waals surface area contributed by atoms with Crippen LogP contribution in [0.2, 0.25) is 0 Å². The number of sulfonamides is 1. The van der Waals surface area contributed by atoms with E-state index in [0.29, 0.717) is 18.5 Å². The second-order valence-corrected chi connectivity index (χ2v) is 8.92. The molecule has 148 valence electrons. The van der Waals surface area contributed by atoms with Gasteiger partial charge in [-0.25, -0.2) is 18.1 Å².